The minimum Gasteiger partial charge on any atom is -0.342 e. The van der Waals surface area contributed by atoms with Crippen molar-refractivity contribution >= 4 is 27.3 Å². The van der Waals surface area contributed by atoms with Crippen LogP contribution in [0.2, 0.25) is 0 Å². The lowest BCUT2D eigenvalue weighted by molar-refractivity contribution is -0.131. The highest BCUT2D eigenvalue weighted by molar-refractivity contribution is 7.92. The van der Waals surface area contributed by atoms with Gasteiger partial charge in [-0.2, -0.15) is 0 Å². The number of amides is 2. The molecular weight excluding hydrogens is 388 g/mol. The third-order valence-electron chi connectivity index (χ3n) is 5.76. The Kier molecular flexibility index (Phi) is 7.86. The Balaban J connectivity index is 1.87. The minimum absolute atomic E-state index is 0.105. The molecule has 1 aliphatic heterocycles. The third kappa shape index (κ3) is 6.29. The van der Waals surface area contributed by atoms with E-state index in [2.05, 4.69) is 12.2 Å². The molecule has 0 saturated carbocycles. The largest absolute Gasteiger partial charge is 0.342 e. The van der Waals surface area contributed by atoms with Crippen molar-refractivity contribution in [1.82, 2.24) is 4.90 Å². The second-order valence-corrected chi connectivity index (χ2v) is 10.9. The highest BCUT2D eigenvalue weighted by Crippen LogP contribution is 2.22. The van der Waals surface area contributed by atoms with Gasteiger partial charge in [-0.15, -0.1) is 0 Å². The number of anilines is 1. The molecule has 0 aromatic heterocycles. The molecule has 2 rings (SSSR count). The first-order chi connectivity index (χ1) is 13.5. The fourth-order valence-electron chi connectivity index (χ4n) is 3.83. The van der Waals surface area contributed by atoms with E-state index in [9.17, 15) is 18.0 Å². The van der Waals surface area contributed by atoms with Gasteiger partial charge in [-0.05, 0) is 64.0 Å². The second-order valence-electron chi connectivity index (χ2n) is 8.44. The molecule has 1 aromatic rings. The van der Waals surface area contributed by atoms with E-state index in [0.717, 1.165) is 35.2 Å². The zero-order valence-electron chi connectivity index (χ0n) is 18.2. The molecule has 1 fully saturated rings. The van der Waals surface area contributed by atoms with Crippen molar-refractivity contribution in [2.24, 2.45) is 5.92 Å². The van der Waals surface area contributed by atoms with E-state index in [-0.39, 0.29) is 30.4 Å². The van der Waals surface area contributed by atoms with Crippen LogP contribution in [-0.2, 0) is 19.4 Å². The van der Waals surface area contributed by atoms with Gasteiger partial charge in [0.2, 0.25) is 11.8 Å². The van der Waals surface area contributed by atoms with Crippen molar-refractivity contribution in [3.05, 3.63) is 28.8 Å². The van der Waals surface area contributed by atoms with Crippen LogP contribution in [0.4, 0.5) is 5.69 Å². The summed E-state index contributed by atoms with van der Waals surface area (Å²) in [6, 6.07) is 4.00. The maximum Gasteiger partial charge on any atom is 0.240 e. The summed E-state index contributed by atoms with van der Waals surface area (Å²) in [6.07, 6.45) is 2.13. The van der Waals surface area contributed by atoms with Crippen LogP contribution < -0.4 is 5.32 Å². The fourth-order valence-corrected chi connectivity index (χ4v) is 5.19. The van der Waals surface area contributed by atoms with Crippen molar-refractivity contribution in [3.63, 3.8) is 0 Å². The predicted octanol–water partition coefficient (Wildman–Crippen LogP) is 3.39. The van der Waals surface area contributed by atoms with Gasteiger partial charge >= 0.3 is 0 Å². The number of benzene rings is 1. The number of likely N-dealkylation sites (tertiary alicyclic amines) is 1. The van der Waals surface area contributed by atoms with Crippen molar-refractivity contribution in [3.8, 4) is 0 Å². The molecular formula is C22H34N2O4S. The van der Waals surface area contributed by atoms with Crippen LogP contribution in [0.15, 0.2) is 12.1 Å². The highest BCUT2D eigenvalue weighted by atomic mass is 32.2. The molecule has 2 amide bonds. The lowest BCUT2D eigenvalue weighted by Gasteiger charge is -2.32. The summed E-state index contributed by atoms with van der Waals surface area (Å²) in [5.74, 6) is -0.111. The average molecular weight is 423 g/mol. The molecule has 1 aliphatic rings. The van der Waals surface area contributed by atoms with Crippen LogP contribution in [0.5, 0.6) is 0 Å². The van der Waals surface area contributed by atoms with E-state index < -0.39 is 15.1 Å². The SMILES string of the molecule is Cc1cc(C)c(NC(=O)CCCS(=O)(=O)C(C)C(=O)N2CCC(C)CC2)c(C)c1. The van der Waals surface area contributed by atoms with Gasteiger partial charge in [0.05, 0.1) is 5.75 Å². The Labute approximate surface area is 175 Å². The highest BCUT2D eigenvalue weighted by Gasteiger charge is 2.32. The molecule has 1 heterocycles. The molecule has 162 valence electrons. The van der Waals surface area contributed by atoms with E-state index in [0.29, 0.717) is 19.0 Å². The van der Waals surface area contributed by atoms with Gasteiger partial charge < -0.3 is 10.2 Å². The van der Waals surface area contributed by atoms with Gasteiger partial charge in [-0.25, -0.2) is 8.42 Å². The van der Waals surface area contributed by atoms with Crippen LogP contribution in [0.25, 0.3) is 0 Å². The Hall–Kier alpha value is -1.89. The zero-order valence-corrected chi connectivity index (χ0v) is 19.1. The number of hydrogen-bond acceptors (Lipinski definition) is 4. The van der Waals surface area contributed by atoms with E-state index in [1.807, 2.05) is 32.9 Å². The monoisotopic (exact) mass is 422 g/mol. The number of piperidine rings is 1. The Bertz CT molecular complexity index is 833. The average Bonchev–Trinajstić information content (AvgIpc) is 2.64. The van der Waals surface area contributed by atoms with E-state index in [4.69, 9.17) is 0 Å². The summed E-state index contributed by atoms with van der Waals surface area (Å²) in [6.45, 7) is 10.7. The molecule has 29 heavy (non-hydrogen) atoms. The first-order valence-corrected chi connectivity index (χ1v) is 12.1. The molecule has 7 heteroatoms. The number of carbonyl (C=O) groups is 2. The number of aryl methyl sites for hydroxylation is 3. The number of sulfone groups is 1. The molecule has 0 bridgehead atoms. The fraction of sp³-hybridized carbons (Fsp3) is 0.636. The Morgan fingerprint density at radius 1 is 1.14 bits per heavy atom. The number of nitrogens with zero attached hydrogens (tertiary/aromatic N) is 1. The Morgan fingerprint density at radius 3 is 2.24 bits per heavy atom. The van der Waals surface area contributed by atoms with E-state index in [1.165, 1.54) is 6.92 Å². The normalized spacial score (nSPS) is 16.5. The summed E-state index contributed by atoms with van der Waals surface area (Å²) < 4.78 is 25.2. The molecule has 0 spiro atoms. The molecule has 1 atom stereocenters. The standard InChI is InChI=1S/C22H34N2O4S/c1-15-8-10-24(11-9-15)22(26)19(5)29(27,28)12-6-7-20(25)23-21-17(3)13-16(2)14-18(21)4/h13-15,19H,6-12H2,1-5H3,(H,23,25). The van der Waals surface area contributed by atoms with Crippen LogP contribution >= 0.6 is 0 Å². The zero-order chi connectivity index (χ0) is 21.8. The number of carbonyl (C=O) groups excluding carboxylic acids is 2. The lowest BCUT2D eigenvalue weighted by atomic mass is 9.99. The summed E-state index contributed by atoms with van der Waals surface area (Å²) in [7, 11) is -3.58. The van der Waals surface area contributed by atoms with Crippen LogP contribution in [0.1, 0.15) is 56.2 Å². The topological polar surface area (TPSA) is 83.5 Å². The smallest absolute Gasteiger partial charge is 0.240 e. The van der Waals surface area contributed by atoms with Gasteiger partial charge in [-0.3, -0.25) is 9.59 Å². The van der Waals surface area contributed by atoms with Gasteiger partial charge in [0, 0.05) is 25.2 Å². The Morgan fingerprint density at radius 2 is 1.69 bits per heavy atom. The number of hydrogen-bond donors (Lipinski definition) is 1. The minimum atomic E-state index is -3.58. The van der Waals surface area contributed by atoms with E-state index in [1.54, 1.807) is 4.90 Å². The van der Waals surface area contributed by atoms with Crippen molar-refractivity contribution in [2.75, 3.05) is 24.2 Å². The van der Waals surface area contributed by atoms with Gasteiger partial charge in [0.15, 0.2) is 9.84 Å². The van der Waals surface area contributed by atoms with Crippen LogP contribution in [-0.4, -0.2) is 49.2 Å². The first kappa shape index (κ1) is 23.4. The third-order valence-corrected chi connectivity index (χ3v) is 7.89. The van der Waals surface area contributed by atoms with Gasteiger partial charge in [0.25, 0.3) is 0 Å². The molecule has 1 N–H and O–H groups in total. The van der Waals surface area contributed by atoms with Crippen LogP contribution in [0, 0.1) is 26.7 Å². The number of rotatable bonds is 7. The van der Waals surface area contributed by atoms with Crippen LogP contribution in [0.3, 0.4) is 0 Å². The summed E-state index contributed by atoms with van der Waals surface area (Å²) in [5.41, 5.74) is 3.88. The molecule has 0 aliphatic carbocycles. The molecule has 1 saturated heterocycles. The summed E-state index contributed by atoms with van der Waals surface area (Å²) >= 11 is 0. The number of nitrogens with one attached hydrogen (secondary N) is 1. The van der Waals surface area contributed by atoms with E-state index >= 15 is 0 Å². The quantitative estimate of drug-likeness (QED) is 0.730. The van der Waals surface area contributed by atoms with Crippen molar-refractivity contribution in [1.29, 1.82) is 0 Å². The van der Waals surface area contributed by atoms with Gasteiger partial charge in [0.1, 0.15) is 5.25 Å². The second kappa shape index (κ2) is 9.74. The molecule has 6 nitrogen and oxygen atoms in total. The molecule has 0 radical (unpaired) electrons. The maximum atomic E-state index is 12.6. The summed E-state index contributed by atoms with van der Waals surface area (Å²) in [4.78, 5) is 26.5. The maximum absolute atomic E-state index is 12.6. The van der Waals surface area contributed by atoms with Gasteiger partial charge in [-0.1, -0.05) is 24.6 Å². The molecule has 1 aromatic carbocycles. The summed E-state index contributed by atoms with van der Waals surface area (Å²) in [5, 5.41) is 1.84. The predicted molar refractivity (Wildman–Crippen MR) is 117 cm³/mol. The lowest BCUT2D eigenvalue weighted by Crippen LogP contribution is -2.45. The molecule has 1 unspecified atom stereocenters. The van der Waals surface area contributed by atoms with Crippen molar-refractivity contribution in [2.45, 2.75) is 65.6 Å². The van der Waals surface area contributed by atoms with Crippen molar-refractivity contribution < 1.29 is 18.0 Å². The first-order valence-electron chi connectivity index (χ1n) is 10.4.